The van der Waals surface area contributed by atoms with E-state index >= 15 is 0 Å². The van der Waals surface area contributed by atoms with E-state index in [-0.39, 0.29) is 18.1 Å². The second-order valence-corrected chi connectivity index (χ2v) is 3.27. The summed E-state index contributed by atoms with van der Waals surface area (Å²) in [6.07, 6.45) is 2.17. The topological polar surface area (TPSA) is 75.3 Å². The molecular formula is C10H15N3O3. The molecule has 0 fully saturated rings. The van der Waals surface area contributed by atoms with E-state index in [1.165, 1.54) is 19.5 Å². The van der Waals surface area contributed by atoms with Gasteiger partial charge in [0.2, 0.25) is 0 Å². The molecule has 1 aromatic heterocycles. The number of aromatic amines is 1. The molecule has 1 N–H and O–H groups in total. The highest BCUT2D eigenvalue weighted by molar-refractivity contribution is 5.75. The van der Waals surface area contributed by atoms with Crippen LogP contribution in [0.2, 0.25) is 0 Å². The molecule has 0 saturated carbocycles. The third-order valence-electron chi connectivity index (χ3n) is 2.03. The summed E-state index contributed by atoms with van der Waals surface area (Å²) in [5, 5.41) is 0. The Labute approximate surface area is 93.3 Å². The lowest BCUT2D eigenvalue weighted by atomic mass is 10.4. The molecule has 0 aliphatic rings. The van der Waals surface area contributed by atoms with Gasteiger partial charge in [-0.2, -0.15) is 0 Å². The van der Waals surface area contributed by atoms with Crippen LogP contribution >= 0.6 is 0 Å². The first-order chi connectivity index (χ1) is 7.67. The number of ether oxygens (including phenoxy) is 1. The highest BCUT2D eigenvalue weighted by atomic mass is 16.5. The molecule has 0 aliphatic heterocycles. The molecule has 0 saturated heterocycles. The maximum absolute atomic E-state index is 11.2. The Balaban J connectivity index is 2.84. The summed E-state index contributed by atoms with van der Waals surface area (Å²) < 4.78 is 4.58. The van der Waals surface area contributed by atoms with E-state index < -0.39 is 0 Å². The minimum Gasteiger partial charge on any atom is -0.468 e. The van der Waals surface area contributed by atoms with E-state index in [2.05, 4.69) is 14.7 Å². The van der Waals surface area contributed by atoms with Crippen molar-refractivity contribution in [1.82, 2.24) is 9.97 Å². The summed E-state index contributed by atoms with van der Waals surface area (Å²) in [5.41, 5.74) is -0.240. The summed E-state index contributed by atoms with van der Waals surface area (Å²) in [6, 6.07) is 1.36. The number of esters is 1. The maximum atomic E-state index is 11.2. The smallest absolute Gasteiger partial charge is 0.325 e. The molecule has 0 aromatic carbocycles. The average molecular weight is 225 g/mol. The van der Waals surface area contributed by atoms with Crippen molar-refractivity contribution in [2.75, 3.05) is 25.1 Å². The van der Waals surface area contributed by atoms with Gasteiger partial charge in [-0.05, 0) is 6.42 Å². The second-order valence-electron chi connectivity index (χ2n) is 3.27. The fourth-order valence-electron chi connectivity index (χ4n) is 1.30. The van der Waals surface area contributed by atoms with Crippen molar-refractivity contribution in [3.63, 3.8) is 0 Å². The van der Waals surface area contributed by atoms with E-state index in [4.69, 9.17) is 0 Å². The van der Waals surface area contributed by atoms with Gasteiger partial charge in [-0.3, -0.25) is 9.59 Å². The van der Waals surface area contributed by atoms with Crippen molar-refractivity contribution < 1.29 is 9.53 Å². The number of hydrogen-bond acceptors (Lipinski definition) is 5. The summed E-state index contributed by atoms with van der Waals surface area (Å²) >= 11 is 0. The van der Waals surface area contributed by atoms with Crippen molar-refractivity contribution >= 4 is 11.8 Å². The van der Waals surface area contributed by atoms with Crippen molar-refractivity contribution in [1.29, 1.82) is 0 Å². The molecule has 6 nitrogen and oxygen atoms in total. The molecule has 6 heteroatoms. The van der Waals surface area contributed by atoms with Gasteiger partial charge < -0.3 is 14.6 Å². The van der Waals surface area contributed by atoms with Crippen LogP contribution in [0.4, 0.5) is 5.82 Å². The summed E-state index contributed by atoms with van der Waals surface area (Å²) in [7, 11) is 1.33. The lowest BCUT2D eigenvalue weighted by molar-refractivity contribution is -0.138. The normalized spacial score (nSPS) is 9.88. The Hall–Kier alpha value is -1.85. The predicted molar refractivity (Wildman–Crippen MR) is 59.4 cm³/mol. The molecule has 0 atom stereocenters. The Morgan fingerprint density at radius 3 is 2.94 bits per heavy atom. The summed E-state index contributed by atoms with van der Waals surface area (Å²) in [4.78, 5) is 30.4. The van der Waals surface area contributed by atoms with Crippen molar-refractivity contribution in [2.24, 2.45) is 0 Å². The van der Waals surface area contributed by atoms with Crippen LogP contribution in [-0.4, -0.2) is 36.1 Å². The summed E-state index contributed by atoms with van der Waals surface area (Å²) in [6.45, 7) is 2.73. The fourth-order valence-corrected chi connectivity index (χ4v) is 1.30. The number of nitrogens with zero attached hydrogens (tertiary/aromatic N) is 2. The highest BCUT2D eigenvalue weighted by Gasteiger charge is 2.12. The van der Waals surface area contributed by atoms with Gasteiger partial charge >= 0.3 is 5.97 Å². The number of rotatable bonds is 5. The van der Waals surface area contributed by atoms with Gasteiger partial charge in [0.25, 0.3) is 5.56 Å². The molecule has 0 unspecified atom stereocenters. The van der Waals surface area contributed by atoms with Crippen LogP contribution in [0.1, 0.15) is 13.3 Å². The third kappa shape index (κ3) is 3.38. The number of hydrogen-bond donors (Lipinski definition) is 1. The zero-order chi connectivity index (χ0) is 12.0. The zero-order valence-electron chi connectivity index (χ0n) is 9.40. The van der Waals surface area contributed by atoms with E-state index in [1.807, 2.05) is 6.92 Å². The monoisotopic (exact) mass is 225 g/mol. The molecule has 16 heavy (non-hydrogen) atoms. The third-order valence-corrected chi connectivity index (χ3v) is 2.03. The number of H-pyrrole nitrogens is 1. The van der Waals surface area contributed by atoms with Crippen LogP contribution in [0, 0.1) is 0 Å². The molecular weight excluding hydrogens is 210 g/mol. The first-order valence-corrected chi connectivity index (χ1v) is 5.04. The molecule has 0 bridgehead atoms. The summed E-state index contributed by atoms with van der Waals surface area (Å²) in [5.74, 6) is 0.131. The molecule has 0 spiro atoms. The number of nitrogens with one attached hydrogen (secondary N) is 1. The molecule has 0 radical (unpaired) electrons. The first-order valence-electron chi connectivity index (χ1n) is 5.04. The molecule has 0 amide bonds. The van der Waals surface area contributed by atoms with Crippen LogP contribution in [0.25, 0.3) is 0 Å². The van der Waals surface area contributed by atoms with Crippen molar-refractivity contribution in [2.45, 2.75) is 13.3 Å². The predicted octanol–water partition coefficient (Wildman–Crippen LogP) is 0.159. The van der Waals surface area contributed by atoms with E-state index in [1.54, 1.807) is 4.90 Å². The molecule has 1 aromatic rings. The van der Waals surface area contributed by atoms with Crippen molar-refractivity contribution in [3.05, 3.63) is 22.7 Å². The van der Waals surface area contributed by atoms with Gasteiger partial charge in [0, 0.05) is 12.6 Å². The quantitative estimate of drug-likeness (QED) is 0.722. The zero-order valence-corrected chi connectivity index (χ0v) is 9.40. The molecule has 88 valence electrons. The Morgan fingerprint density at radius 2 is 2.38 bits per heavy atom. The fraction of sp³-hybridized carbons (Fsp3) is 0.500. The lowest BCUT2D eigenvalue weighted by Crippen LogP contribution is -2.32. The van der Waals surface area contributed by atoms with Crippen LogP contribution in [-0.2, 0) is 9.53 Å². The van der Waals surface area contributed by atoms with Gasteiger partial charge in [-0.1, -0.05) is 6.92 Å². The molecule has 1 heterocycles. The van der Waals surface area contributed by atoms with E-state index in [0.29, 0.717) is 12.4 Å². The standard InChI is InChI=1S/C10H15N3O3/c1-3-4-13(6-10(15)16-2)8-5-9(14)12-7-11-8/h5,7H,3-4,6H2,1-2H3,(H,11,12,14). The van der Waals surface area contributed by atoms with Gasteiger partial charge in [0.05, 0.1) is 13.4 Å². The lowest BCUT2D eigenvalue weighted by Gasteiger charge is -2.20. The van der Waals surface area contributed by atoms with Crippen LogP contribution in [0.15, 0.2) is 17.2 Å². The number of aromatic nitrogens is 2. The minimum atomic E-state index is -0.351. The van der Waals surface area contributed by atoms with E-state index in [0.717, 1.165) is 6.42 Å². The van der Waals surface area contributed by atoms with Crippen LogP contribution in [0.5, 0.6) is 0 Å². The van der Waals surface area contributed by atoms with Crippen LogP contribution in [0.3, 0.4) is 0 Å². The second kappa shape index (κ2) is 5.89. The number of carbonyl (C=O) groups excluding carboxylic acids is 1. The van der Waals surface area contributed by atoms with Gasteiger partial charge in [0.1, 0.15) is 12.4 Å². The average Bonchev–Trinajstić information content (AvgIpc) is 2.28. The van der Waals surface area contributed by atoms with Gasteiger partial charge in [-0.25, -0.2) is 4.98 Å². The maximum Gasteiger partial charge on any atom is 0.325 e. The van der Waals surface area contributed by atoms with Gasteiger partial charge in [-0.15, -0.1) is 0 Å². The van der Waals surface area contributed by atoms with E-state index in [9.17, 15) is 9.59 Å². The molecule has 1 rings (SSSR count). The number of anilines is 1. The highest BCUT2D eigenvalue weighted by Crippen LogP contribution is 2.06. The molecule has 0 aliphatic carbocycles. The number of carbonyl (C=O) groups is 1. The van der Waals surface area contributed by atoms with Crippen LogP contribution < -0.4 is 10.5 Å². The SMILES string of the molecule is CCCN(CC(=O)OC)c1cc(=O)[nH]cn1. The Kier molecular flexibility index (Phi) is 4.50. The first kappa shape index (κ1) is 12.2. The largest absolute Gasteiger partial charge is 0.468 e. The minimum absolute atomic E-state index is 0.0980. The number of methoxy groups -OCH3 is 1. The Bertz CT molecular complexity index is 402. The van der Waals surface area contributed by atoms with Crippen molar-refractivity contribution in [3.8, 4) is 0 Å². The van der Waals surface area contributed by atoms with Gasteiger partial charge in [0.15, 0.2) is 0 Å². The Morgan fingerprint density at radius 1 is 1.62 bits per heavy atom.